The predicted molar refractivity (Wildman–Crippen MR) is 145 cm³/mol. The van der Waals surface area contributed by atoms with Gasteiger partial charge in [0.05, 0.1) is 7.11 Å². The van der Waals surface area contributed by atoms with E-state index < -0.39 is 0 Å². The standard InChI is InChI=1S/C31H30N2O5/c1-35-28-11-8-25(17-26(28)20-36-27-9-7-23-4-2-3-5-24(23)18-27)31(34)33-14-12-32(13-15-33)19-22-6-10-29-30(16-22)38-21-37-29/h2-11,16-18H,12-15,19-21H2,1H3. The molecule has 0 radical (unpaired) electrons. The lowest BCUT2D eigenvalue weighted by atomic mass is 10.1. The number of ether oxygens (including phenoxy) is 4. The Hall–Kier alpha value is -4.23. The van der Waals surface area contributed by atoms with Crippen molar-refractivity contribution in [2.75, 3.05) is 40.1 Å². The highest BCUT2D eigenvalue weighted by atomic mass is 16.7. The average molecular weight is 511 g/mol. The number of carbonyl (C=O) groups excluding carboxylic acids is 1. The number of rotatable bonds is 7. The maximum atomic E-state index is 13.4. The van der Waals surface area contributed by atoms with Crippen LogP contribution in [0.1, 0.15) is 21.5 Å². The van der Waals surface area contributed by atoms with Gasteiger partial charge in [-0.25, -0.2) is 0 Å². The molecule has 6 rings (SSSR count). The van der Waals surface area contributed by atoms with Crippen LogP contribution in [0.3, 0.4) is 0 Å². The fraction of sp³-hybridized carbons (Fsp3) is 0.258. The lowest BCUT2D eigenvalue weighted by Crippen LogP contribution is -2.48. The van der Waals surface area contributed by atoms with Gasteiger partial charge in [0.15, 0.2) is 11.5 Å². The normalized spacial score (nSPS) is 15.0. The summed E-state index contributed by atoms with van der Waals surface area (Å²) in [5, 5.41) is 2.29. The first-order valence-corrected chi connectivity index (χ1v) is 12.8. The van der Waals surface area contributed by atoms with Crippen LogP contribution in [-0.2, 0) is 13.2 Å². The summed E-state index contributed by atoms with van der Waals surface area (Å²) in [6, 6.07) is 25.9. The maximum absolute atomic E-state index is 13.4. The Balaban J connectivity index is 1.08. The summed E-state index contributed by atoms with van der Waals surface area (Å²) in [6.07, 6.45) is 0. The fourth-order valence-electron chi connectivity index (χ4n) is 5.03. The molecule has 0 bridgehead atoms. The van der Waals surface area contributed by atoms with Crippen molar-refractivity contribution in [1.29, 1.82) is 0 Å². The molecule has 2 aliphatic rings. The zero-order valence-electron chi connectivity index (χ0n) is 21.4. The number of hydrogen-bond acceptors (Lipinski definition) is 6. The topological polar surface area (TPSA) is 60.5 Å². The molecule has 7 heteroatoms. The van der Waals surface area contributed by atoms with E-state index in [1.165, 1.54) is 10.9 Å². The molecule has 0 unspecified atom stereocenters. The van der Waals surface area contributed by atoms with Crippen LogP contribution in [-0.4, -0.2) is 55.8 Å². The Morgan fingerprint density at radius 1 is 0.842 bits per heavy atom. The second-order valence-corrected chi connectivity index (χ2v) is 9.58. The summed E-state index contributed by atoms with van der Waals surface area (Å²) in [5.74, 6) is 3.11. The molecular weight excluding hydrogens is 480 g/mol. The molecule has 1 saturated heterocycles. The van der Waals surface area contributed by atoms with Crippen molar-refractivity contribution in [1.82, 2.24) is 9.80 Å². The zero-order valence-corrected chi connectivity index (χ0v) is 21.4. The van der Waals surface area contributed by atoms with Gasteiger partial charge in [-0.05, 0) is 58.8 Å². The number of carbonyl (C=O) groups is 1. The molecule has 2 aliphatic heterocycles. The number of nitrogens with zero attached hydrogens (tertiary/aromatic N) is 2. The first kappa shape index (κ1) is 24.1. The SMILES string of the molecule is COc1ccc(C(=O)N2CCN(Cc3ccc4c(c3)OCO4)CC2)cc1COc1ccc2ccccc2c1. The van der Waals surface area contributed by atoms with Crippen molar-refractivity contribution in [3.05, 3.63) is 95.6 Å². The number of amides is 1. The van der Waals surface area contributed by atoms with E-state index in [0.717, 1.165) is 47.8 Å². The lowest BCUT2D eigenvalue weighted by Gasteiger charge is -2.35. The molecule has 7 nitrogen and oxygen atoms in total. The number of hydrogen-bond donors (Lipinski definition) is 0. The van der Waals surface area contributed by atoms with E-state index in [1.807, 2.05) is 65.6 Å². The minimum Gasteiger partial charge on any atom is -0.496 e. The summed E-state index contributed by atoms with van der Waals surface area (Å²) in [6.45, 7) is 4.39. The number of fused-ring (bicyclic) bond motifs is 2. The Kier molecular flexibility index (Phi) is 6.75. The Bertz CT molecular complexity index is 1460. The molecule has 4 aromatic carbocycles. The molecule has 0 spiro atoms. The van der Waals surface area contributed by atoms with Crippen molar-refractivity contribution < 1.29 is 23.7 Å². The van der Waals surface area contributed by atoms with Crippen LogP contribution in [0.2, 0.25) is 0 Å². The average Bonchev–Trinajstić information content (AvgIpc) is 3.44. The van der Waals surface area contributed by atoms with Gasteiger partial charge >= 0.3 is 0 Å². The minimum atomic E-state index is 0.0299. The molecule has 1 fully saturated rings. The molecule has 0 atom stereocenters. The van der Waals surface area contributed by atoms with Gasteiger partial charge in [-0.2, -0.15) is 0 Å². The van der Waals surface area contributed by atoms with E-state index in [-0.39, 0.29) is 12.7 Å². The molecule has 0 saturated carbocycles. The predicted octanol–water partition coefficient (Wildman–Crippen LogP) is 5.11. The van der Waals surface area contributed by atoms with Crippen LogP contribution < -0.4 is 18.9 Å². The molecular formula is C31H30N2O5. The molecule has 38 heavy (non-hydrogen) atoms. The van der Waals surface area contributed by atoms with Gasteiger partial charge in [0.25, 0.3) is 5.91 Å². The summed E-state index contributed by atoms with van der Waals surface area (Å²) in [7, 11) is 1.63. The van der Waals surface area contributed by atoms with Crippen LogP contribution >= 0.6 is 0 Å². The maximum Gasteiger partial charge on any atom is 0.253 e. The Labute approximate surface area is 222 Å². The third kappa shape index (κ3) is 5.10. The van der Waals surface area contributed by atoms with Crippen LogP contribution in [0, 0.1) is 0 Å². The molecule has 4 aromatic rings. The van der Waals surface area contributed by atoms with Crippen LogP contribution in [0.25, 0.3) is 10.8 Å². The van der Waals surface area contributed by atoms with Gasteiger partial charge in [-0.1, -0.05) is 36.4 Å². The highest BCUT2D eigenvalue weighted by molar-refractivity contribution is 5.94. The summed E-state index contributed by atoms with van der Waals surface area (Å²) >= 11 is 0. The molecule has 0 aromatic heterocycles. The van der Waals surface area contributed by atoms with Gasteiger partial charge in [-0.3, -0.25) is 9.69 Å². The number of benzene rings is 4. The third-order valence-electron chi connectivity index (χ3n) is 7.15. The van der Waals surface area contributed by atoms with Crippen molar-refractivity contribution in [2.45, 2.75) is 13.2 Å². The van der Waals surface area contributed by atoms with Gasteiger partial charge in [-0.15, -0.1) is 0 Å². The van der Waals surface area contributed by atoms with Crippen molar-refractivity contribution in [3.8, 4) is 23.0 Å². The molecule has 0 N–H and O–H groups in total. The van der Waals surface area contributed by atoms with Crippen LogP contribution in [0.5, 0.6) is 23.0 Å². The second-order valence-electron chi connectivity index (χ2n) is 9.58. The molecule has 194 valence electrons. The first-order chi connectivity index (χ1) is 18.7. The van der Waals surface area contributed by atoms with Crippen molar-refractivity contribution >= 4 is 16.7 Å². The van der Waals surface area contributed by atoms with E-state index in [1.54, 1.807) is 7.11 Å². The van der Waals surface area contributed by atoms with Gasteiger partial charge in [0, 0.05) is 43.9 Å². The van der Waals surface area contributed by atoms with E-state index in [0.29, 0.717) is 31.0 Å². The zero-order chi connectivity index (χ0) is 25.9. The van der Waals surface area contributed by atoms with E-state index in [4.69, 9.17) is 18.9 Å². The smallest absolute Gasteiger partial charge is 0.253 e. The van der Waals surface area contributed by atoms with E-state index in [2.05, 4.69) is 23.1 Å². The largest absolute Gasteiger partial charge is 0.496 e. The minimum absolute atomic E-state index is 0.0299. The number of piperazine rings is 1. The lowest BCUT2D eigenvalue weighted by molar-refractivity contribution is 0.0628. The van der Waals surface area contributed by atoms with Crippen molar-refractivity contribution in [2.24, 2.45) is 0 Å². The third-order valence-corrected chi connectivity index (χ3v) is 7.15. The van der Waals surface area contributed by atoms with Gasteiger partial charge in [0.1, 0.15) is 18.1 Å². The summed E-state index contributed by atoms with van der Waals surface area (Å²) in [5.41, 5.74) is 2.67. The van der Waals surface area contributed by atoms with Crippen molar-refractivity contribution in [3.63, 3.8) is 0 Å². The Morgan fingerprint density at radius 3 is 2.50 bits per heavy atom. The monoisotopic (exact) mass is 510 g/mol. The summed E-state index contributed by atoms with van der Waals surface area (Å²) < 4.78 is 22.6. The molecule has 1 amide bonds. The van der Waals surface area contributed by atoms with Crippen LogP contribution in [0.15, 0.2) is 78.9 Å². The first-order valence-electron chi connectivity index (χ1n) is 12.8. The fourth-order valence-corrected chi connectivity index (χ4v) is 5.03. The molecule has 0 aliphatic carbocycles. The number of methoxy groups -OCH3 is 1. The Morgan fingerprint density at radius 2 is 1.66 bits per heavy atom. The van der Waals surface area contributed by atoms with E-state index in [9.17, 15) is 4.79 Å². The van der Waals surface area contributed by atoms with Gasteiger partial charge in [0.2, 0.25) is 6.79 Å². The highest BCUT2D eigenvalue weighted by Gasteiger charge is 2.24. The summed E-state index contributed by atoms with van der Waals surface area (Å²) in [4.78, 5) is 17.6. The quantitative estimate of drug-likeness (QED) is 0.344. The van der Waals surface area contributed by atoms with Gasteiger partial charge < -0.3 is 23.8 Å². The van der Waals surface area contributed by atoms with Crippen LogP contribution in [0.4, 0.5) is 0 Å². The van der Waals surface area contributed by atoms with E-state index >= 15 is 0 Å². The molecule has 2 heterocycles. The second kappa shape index (κ2) is 10.6. The highest BCUT2D eigenvalue weighted by Crippen LogP contribution is 2.33.